The topological polar surface area (TPSA) is 18.5 Å². The number of aryl methyl sites for hydroxylation is 1. The first-order valence-electron chi connectivity index (χ1n) is 9.54. The van der Waals surface area contributed by atoms with Crippen molar-refractivity contribution >= 4 is 22.4 Å². The van der Waals surface area contributed by atoms with Crippen LogP contribution in [0.3, 0.4) is 0 Å². The Balaban J connectivity index is 2.05. The zero-order chi connectivity index (χ0) is 18.2. The average molecular weight is 363 g/mol. The molecular weight excluding hydrogens is 332 g/mol. The molecule has 0 spiro atoms. The maximum absolute atomic E-state index is 6.17. The van der Waals surface area contributed by atoms with Gasteiger partial charge in [-0.15, -0.1) is 11.6 Å². The zero-order valence-electron chi connectivity index (χ0n) is 16.0. The molecule has 0 aliphatic carbocycles. The number of ether oxygens (including phenoxy) is 2. The van der Waals surface area contributed by atoms with Gasteiger partial charge in [0.25, 0.3) is 0 Å². The van der Waals surface area contributed by atoms with Gasteiger partial charge in [-0.05, 0) is 74.9 Å². The summed E-state index contributed by atoms with van der Waals surface area (Å²) in [6, 6.07) is 10.5. The van der Waals surface area contributed by atoms with E-state index >= 15 is 0 Å². The normalized spacial score (nSPS) is 12.6. The molecule has 3 heteroatoms. The Bertz CT molecular complexity index is 666. The lowest BCUT2D eigenvalue weighted by Gasteiger charge is -2.15. The first-order valence-corrected chi connectivity index (χ1v) is 9.97. The second-order valence-electron chi connectivity index (χ2n) is 6.80. The molecule has 0 heterocycles. The van der Waals surface area contributed by atoms with E-state index in [0.29, 0.717) is 5.38 Å². The molecule has 0 saturated heterocycles. The summed E-state index contributed by atoms with van der Waals surface area (Å²) in [6.07, 6.45) is 5.41. The van der Waals surface area contributed by atoms with Crippen molar-refractivity contribution in [2.24, 2.45) is 0 Å². The van der Waals surface area contributed by atoms with E-state index in [0.717, 1.165) is 50.2 Å². The molecule has 2 aromatic carbocycles. The summed E-state index contributed by atoms with van der Waals surface area (Å²) in [5.74, 6) is 1.93. The van der Waals surface area contributed by atoms with Gasteiger partial charge in [0.2, 0.25) is 0 Å². The number of alkyl halides is 1. The molecule has 0 saturated carbocycles. The number of hydrogen-bond acceptors (Lipinski definition) is 2. The average Bonchev–Trinajstić information content (AvgIpc) is 2.60. The van der Waals surface area contributed by atoms with Crippen LogP contribution in [0.2, 0.25) is 0 Å². The van der Waals surface area contributed by atoms with Gasteiger partial charge in [-0.2, -0.15) is 0 Å². The predicted molar refractivity (Wildman–Crippen MR) is 108 cm³/mol. The Morgan fingerprint density at radius 1 is 1.04 bits per heavy atom. The smallest absolute Gasteiger partial charge is 0.123 e. The highest BCUT2D eigenvalue weighted by molar-refractivity contribution is 6.20. The molecule has 0 aliphatic heterocycles. The Morgan fingerprint density at radius 3 is 2.52 bits per heavy atom. The number of rotatable bonds is 10. The fraction of sp³-hybridized carbons (Fsp3) is 0.545. The maximum Gasteiger partial charge on any atom is 0.123 e. The lowest BCUT2D eigenvalue weighted by Crippen LogP contribution is -2.05. The van der Waals surface area contributed by atoms with Gasteiger partial charge < -0.3 is 9.47 Å². The summed E-state index contributed by atoms with van der Waals surface area (Å²) in [5, 5.41) is 2.76. The van der Waals surface area contributed by atoms with Crippen LogP contribution >= 0.6 is 11.6 Å². The fourth-order valence-electron chi connectivity index (χ4n) is 3.05. The van der Waals surface area contributed by atoms with Crippen molar-refractivity contribution in [2.45, 2.75) is 71.3 Å². The van der Waals surface area contributed by atoms with Crippen LogP contribution in [0.25, 0.3) is 10.8 Å². The van der Waals surface area contributed by atoms with E-state index in [-0.39, 0.29) is 6.10 Å². The molecule has 2 rings (SSSR count). The molecule has 138 valence electrons. The van der Waals surface area contributed by atoms with E-state index in [1.165, 1.54) is 16.3 Å². The molecular formula is C22H31ClO2. The van der Waals surface area contributed by atoms with E-state index in [2.05, 4.69) is 44.2 Å². The van der Waals surface area contributed by atoms with Crippen molar-refractivity contribution in [3.8, 4) is 11.5 Å². The number of unbranched alkanes of at least 4 members (excludes halogenated alkanes) is 1. The molecule has 0 bridgehead atoms. The van der Waals surface area contributed by atoms with Gasteiger partial charge in [-0.3, -0.25) is 0 Å². The van der Waals surface area contributed by atoms with Crippen molar-refractivity contribution in [3.63, 3.8) is 0 Å². The van der Waals surface area contributed by atoms with Crippen LogP contribution in [0.1, 0.15) is 58.9 Å². The first kappa shape index (κ1) is 19.9. The van der Waals surface area contributed by atoms with Gasteiger partial charge >= 0.3 is 0 Å². The molecule has 1 atom stereocenters. The summed E-state index contributed by atoms with van der Waals surface area (Å²) in [4.78, 5) is 0. The van der Waals surface area contributed by atoms with Gasteiger partial charge in [-0.25, -0.2) is 0 Å². The minimum absolute atomic E-state index is 0.186. The Morgan fingerprint density at radius 2 is 1.84 bits per heavy atom. The van der Waals surface area contributed by atoms with Crippen LogP contribution in [0, 0.1) is 0 Å². The summed E-state index contributed by atoms with van der Waals surface area (Å²) in [7, 11) is 0. The third-order valence-corrected chi connectivity index (χ3v) is 4.92. The summed E-state index contributed by atoms with van der Waals surface area (Å²) < 4.78 is 11.9. The fourth-order valence-corrected chi connectivity index (χ4v) is 3.21. The van der Waals surface area contributed by atoms with Crippen LogP contribution in [0.15, 0.2) is 30.3 Å². The standard InChI is InChI=1S/C22H31ClO2/c1-5-18(23)9-7-8-14-24-22-13-10-17-15-19(25-16(3)4)11-12-21(17)20(22)6-2/h10-13,15-16,18H,5-9,14H2,1-4H3. The lowest BCUT2D eigenvalue weighted by molar-refractivity contribution is 0.243. The molecule has 0 aliphatic rings. The van der Waals surface area contributed by atoms with E-state index in [4.69, 9.17) is 21.1 Å². The van der Waals surface area contributed by atoms with Gasteiger partial charge in [-0.1, -0.05) is 26.0 Å². The summed E-state index contributed by atoms with van der Waals surface area (Å²) in [5.41, 5.74) is 1.28. The van der Waals surface area contributed by atoms with Crippen LogP contribution in [0.5, 0.6) is 11.5 Å². The molecule has 2 aromatic rings. The molecule has 0 aromatic heterocycles. The molecule has 0 amide bonds. The molecule has 0 radical (unpaired) electrons. The lowest BCUT2D eigenvalue weighted by atomic mass is 10.0. The highest BCUT2D eigenvalue weighted by atomic mass is 35.5. The number of hydrogen-bond donors (Lipinski definition) is 0. The van der Waals surface area contributed by atoms with Crippen LogP contribution in [0.4, 0.5) is 0 Å². The second kappa shape index (κ2) is 9.91. The third-order valence-electron chi connectivity index (χ3n) is 4.40. The predicted octanol–water partition coefficient (Wildman–Crippen LogP) is 6.76. The van der Waals surface area contributed by atoms with Gasteiger partial charge in [0, 0.05) is 10.9 Å². The largest absolute Gasteiger partial charge is 0.493 e. The Labute approximate surface area is 157 Å². The number of fused-ring (bicyclic) bond motifs is 1. The minimum Gasteiger partial charge on any atom is -0.493 e. The monoisotopic (exact) mass is 362 g/mol. The van der Waals surface area contributed by atoms with Crippen molar-refractivity contribution in [3.05, 3.63) is 35.9 Å². The SMILES string of the molecule is CCc1c(OCCCCC(Cl)CC)ccc2cc(OC(C)C)ccc12. The van der Waals surface area contributed by atoms with Gasteiger partial charge in [0.15, 0.2) is 0 Å². The molecule has 25 heavy (non-hydrogen) atoms. The van der Waals surface area contributed by atoms with E-state index in [9.17, 15) is 0 Å². The Kier molecular flexibility index (Phi) is 7.90. The molecule has 1 unspecified atom stereocenters. The van der Waals surface area contributed by atoms with Gasteiger partial charge in [0.05, 0.1) is 12.7 Å². The van der Waals surface area contributed by atoms with Crippen molar-refractivity contribution in [1.29, 1.82) is 0 Å². The first-order chi connectivity index (χ1) is 12.0. The van der Waals surface area contributed by atoms with Crippen molar-refractivity contribution in [1.82, 2.24) is 0 Å². The molecule has 2 nitrogen and oxygen atoms in total. The number of benzene rings is 2. The molecule has 0 N–H and O–H groups in total. The second-order valence-corrected chi connectivity index (χ2v) is 7.41. The Hall–Kier alpha value is -1.41. The minimum atomic E-state index is 0.186. The van der Waals surface area contributed by atoms with E-state index in [1.54, 1.807) is 0 Å². The van der Waals surface area contributed by atoms with Crippen molar-refractivity contribution in [2.75, 3.05) is 6.61 Å². The van der Waals surface area contributed by atoms with E-state index in [1.807, 2.05) is 13.8 Å². The maximum atomic E-state index is 6.17. The third kappa shape index (κ3) is 5.81. The number of halogens is 1. The van der Waals surface area contributed by atoms with Gasteiger partial charge in [0.1, 0.15) is 11.5 Å². The zero-order valence-corrected chi connectivity index (χ0v) is 16.7. The highest BCUT2D eigenvalue weighted by Crippen LogP contribution is 2.31. The van der Waals surface area contributed by atoms with Crippen molar-refractivity contribution < 1.29 is 9.47 Å². The van der Waals surface area contributed by atoms with Crippen LogP contribution < -0.4 is 9.47 Å². The summed E-state index contributed by atoms with van der Waals surface area (Å²) >= 11 is 6.17. The van der Waals surface area contributed by atoms with E-state index < -0.39 is 0 Å². The highest BCUT2D eigenvalue weighted by Gasteiger charge is 2.09. The molecule has 0 fully saturated rings. The summed E-state index contributed by atoms with van der Waals surface area (Å²) in [6.45, 7) is 9.16. The van der Waals surface area contributed by atoms with Crippen LogP contribution in [-0.2, 0) is 6.42 Å². The quantitative estimate of drug-likeness (QED) is 0.343. The van der Waals surface area contributed by atoms with Crippen LogP contribution in [-0.4, -0.2) is 18.1 Å².